The molecule has 7 heteroatoms. The number of rotatable bonds is 8. The van der Waals surface area contributed by atoms with Gasteiger partial charge in [-0.05, 0) is 104 Å². The molecule has 0 spiro atoms. The summed E-state index contributed by atoms with van der Waals surface area (Å²) >= 11 is 0. The Morgan fingerprint density at radius 1 is 0.378 bits per heavy atom. The average Bonchev–Trinajstić information content (AvgIpc) is 3.02. The molecule has 6 aromatic carbocycles. The van der Waals surface area contributed by atoms with E-state index in [1.807, 2.05) is 12.1 Å². The highest BCUT2D eigenvalue weighted by atomic mass is 32.2. The summed E-state index contributed by atoms with van der Waals surface area (Å²) in [4.78, 5) is 0. The number of hydrogen-bond acceptors (Lipinski definition) is 2. The molecule has 0 N–H and O–H groups in total. The Balaban J connectivity index is 1.45. The van der Waals surface area contributed by atoms with Crippen LogP contribution in [0.1, 0.15) is 11.1 Å². The summed E-state index contributed by atoms with van der Waals surface area (Å²) in [6, 6.07) is 34.0. The Bertz CT molecular complexity index is 1930. The van der Waals surface area contributed by atoms with Crippen LogP contribution in [-0.4, -0.2) is 8.42 Å². The van der Waals surface area contributed by atoms with E-state index in [4.69, 9.17) is 0 Å². The van der Waals surface area contributed by atoms with E-state index in [0.717, 1.165) is 0 Å². The Kier molecular flexibility index (Phi) is 8.37. The number of benzene rings is 6. The Labute approximate surface area is 259 Å². The summed E-state index contributed by atoms with van der Waals surface area (Å²) in [7, 11) is -3.84. The third kappa shape index (κ3) is 6.74. The van der Waals surface area contributed by atoms with E-state index >= 15 is 0 Å². The van der Waals surface area contributed by atoms with Gasteiger partial charge >= 0.3 is 0 Å². The first kappa shape index (κ1) is 30.0. The minimum absolute atomic E-state index is 0.335. The van der Waals surface area contributed by atoms with E-state index in [9.17, 15) is 26.0 Å². The normalized spacial score (nSPS) is 11.5. The highest BCUT2D eigenvalue weighted by molar-refractivity contribution is 7.89. The van der Waals surface area contributed by atoms with Gasteiger partial charge in [0.15, 0.2) is 9.84 Å². The minimum atomic E-state index is -3.84. The van der Waals surface area contributed by atoms with E-state index < -0.39 is 33.1 Å². The quantitative estimate of drug-likeness (QED) is 0.158. The van der Waals surface area contributed by atoms with Gasteiger partial charge < -0.3 is 0 Å². The molecule has 0 atom stereocenters. The monoisotopic (exact) mass is 622 g/mol. The van der Waals surface area contributed by atoms with Crippen LogP contribution in [0.2, 0.25) is 0 Å². The second-order valence-corrected chi connectivity index (χ2v) is 12.8. The fourth-order valence-electron chi connectivity index (χ4n) is 5.62. The molecule has 6 aromatic rings. The molecule has 0 radical (unpaired) electrons. The molecular weight excluding hydrogens is 596 g/mol. The van der Waals surface area contributed by atoms with Gasteiger partial charge in [0.25, 0.3) is 0 Å². The molecule has 0 aromatic heterocycles. The first-order valence-electron chi connectivity index (χ1n) is 14.1. The smallest absolute Gasteiger partial charge is 0.158 e. The lowest BCUT2D eigenvalue weighted by molar-refractivity contribution is 0.594. The van der Waals surface area contributed by atoms with Gasteiger partial charge in [0, 0.05) is 0 Å². The summed E-state index contributed by atoms with van der Waals surface area (Å²) in [6.45, 7) is 0. The summed E-state index contributed by atoms with van der Waals surface area (Å²) in [5.41, 5.74) is 6.17. The van der Waals surface area contributed by atoms with Crippen LogP contribution in [0, 0.1) is 23.3 Å². The van der Waals surface area contributed by atoms with Crippen LogP contribution < -0.4 is 0 Å². The first-order valence-corrected chi connectivity index (χ1v) is 16.0. The number of halogens is 4. The molecule has 0 bridgehead atoms. The van der Waals surface area contributed by atoms with Crippen molar-refractivity contribution in [3.05, 3.63) is 168 Å². The maximum Gasteiger partial charge on any atom is 0.158 e. The average molecular weight is 623 g/mol. The van der Waals surface area contributed by atoms with E-state index in [-0.39, 0.29) is 11.5 Å². The minimum Gasteiger partial charge on any atom is -0.228 e. The third-order valence-electron chi connectivity index (χ3n) is 7.63. The number of hydrogen-bond donors (Lipinski definition) is 0. The molecule has 224 valence electrons. The predicted octanol–water partition coefficient (Wildman–Crippen LogP) is 10.0. The largest absolute Gasteiger partial charge is 0.228 e. The molecule has 0 aliphatic heterocycles. The topological polar surface area (TPSA) is 34.1 Å². The van der Waals surface area contributed by atoms with Crippen LogP contribution in [-0.2, 0) is 21.3 Å². The standard InChI is InChI=1S/C38H26F4O2S/c39-31-15-7-25(8-16-31)35-5-1-3-29(37(35)27-11-19-33(41)20-12-27)23-45(43,44)24-30-4-2-6-36(26-9-17-32(40)18-10-26)38(30)28-13-21-34(42)22-14-28/h1-22H,23-24H2. The van der Waals surface area contributed by atoms with Gasteiger partial charge in [0.05, 0.1) is 11.5 Å². The SMILES string of the molecule is O=S(=O)(Cc1cccc(-c2ccc(F)cc2)c1-c1ccc(F)cc1)Cc1cccc(-c2ccc(F)cc2)c1-c1ccc(F)cc1. The molecule has 45 heavy (non-hydrogen) atoms. The fourth-order valence-corrected chi connectivity index (χ4v) is 7.15. The molecule has 0 saturated carbocycles. The van der Waals surface area contributed by atoms with Crippen molar-refractivity contribution >= 4 is 9.84 Å². The zero-order chi connectivity index (χ0) is 31.6. The fraction of sp³-hybridized carbons (Fsp3) is 0.0526. The zero-order valence-corrected chi connectivity index (χ0v) is 24.7. The molecule has 0 fully saturated rings. The third-order valence-corrected chi connectivity index (χ3v) is 9.13. The van der Waals surface area contributed by atoms with Gasteiger partial charge in [0.1, 0.15) is 23.3 Å². The van der Waals surface area contributed by atoms with Gasteiger partial charge in [-0.15, -0.1) is 0 Å². The maximum atomic E-state index is 14.0. The highest BCUT2D eigenvalue weighted by Crippen LogP contribution is 2.39. The first-order chi connectivity index (χ1) is 21.7. The van der Waals surface area contributed by atoms with Crippen molar-refractivity contribution in [3.8, 4) is 44.5 Å². The van der Waals surface area contributed by atoms with Crippen molar-refractivity contribution in [1.82, 2.24) is 0 Å². The summed E-state index contributed by atoms with van der Waals surface area (Å²) in [5, 5.41) is 0. The summed E-state index contributed by atoms with van der Waals surface area (Å²) in [5.74, 6) is -2.33. The summed E-state index contributed by atoms with van der Waals surface area (Å²) < 4.78 is 83.3. The molecule has 0 unspecified atom stereocenters. The van der Waals surface area contributed by atoms with Crippen molar-refractivity contribution in [1.29, 1.82) is 0 Å². The van der Waals surface area contributed by atoms with Crippen molar-refractivity contribution in [2.24, 2.45) is 0 Å². The van der Waals surface area contributed by atoms with Gasteiger partial charge in [-0.3, -0.25) is 0 Å². The Morgan fingerprint density at radius 2 is 0.667 bits per heavy atom. The Hall–Kier alpha value is -5.01. The molecule has 6 rings (SSSR count). The second-order valence-electron chi connectivity index (χ2n) is 10.7. The summed E-state index contributed by atoms with van der Waals surface area (Å²) in [6.07, 6.45) is 0. The van der Waals surface area contributed by atoms with Gasteiger partial charge in [0.2, 0.25) is 0 Å². The second kappa shape index (κ2) is 12.5. The molecule has 0 aliphatic rings. The Morgan fingerprint density at radius 3 is 0.978 bits per heavy atom. The van der Waals surface area contributed by atoms with Crippen LogP contribution in [0.4, 0.5) is 17.6 Å². The molecule has 2 nitrogen and oxygen atoms in total. The lowest BCUT2D eigenvalue weighted by Gasteiger charge is -2.18. The van der Waals surface area contributed by atoms with E-state index in [1.54, 1.807) is 72.8 Å². The molecule has 0 saturated heterocycles. The van der Waals surface area contributed by atoms with Crippen LogP contribution in [0.25, 0.3) is 44.5 Å². The maximum absolute atomic E-state index is 14.0. The van der Waals surface area contributed by atoms with Crippen LogP contribution in [0.15, 0.2) is 133 Å². The van der Waals surface area contributed by atoms with E-state index in [1.165, 1.54) is 48.5 Å². The lowest BCUT2D eigenvalue weighted by Crippen LogP contribution is -2.10. The van der Waals surface area contributed by atoms with Crippen molar-refractivity contribution in [3.63, 3.8) is 0 Å². The number of sulfone groups is 1. The van der Waals surface area contributed by atoms with Crippen molar-refractivity contribution in [2.75, 3.05) is 0 Å². The van der Waals surface area contributed by atoms with Crippen molar-refractivity contribution < 1.29 is 26.0 Å². The van der Waals surface area contributed by atoms with Gasteiger partial charge in [-0.1, -0.05) is 84.9 Å². The van der Waals surface area contributed by atoms with Crippen LogP contribution in [0.3, 0.4) is 0 Å². The predicted molar refractivity (Wildman–Crippen MR) is 171 cm³/mol. The molecule has 0 amide bonds. The molecule has 0 aliphatic carbocycles. The zero-order valence-electron chi connectivity index (χ0n) is 23.9. The molecule has 0 heterocycles. The van der Waals surface area contributed by atoms with Gasteiger partial charge in [-0.2, -0.15) is 0 Å². The van der Waals surface area contributed by atoms with E-state index in [0.29, 0.717) is 55.6 Å². The van der Waals surface area contributed by atoms with Crippen LogP contribution >= 0.6 is 0 Å². The van der Waals surface area contributed by atoms with E-state index in [2.05, 4.69) is 0 Å². The van der Waals surface area contributed by atoms with Gasteiger partial charge in [-0.25, -0.2) is 26.0 Å². The highest BCUT2D eigenvalue weighted by Gasteiger charge is 2.22. The molecular formula is C38H26F4O2S. The van der Waals surface area contributed by atoms with Crippen molar-refractivity contribution in [2.45, 2.75) is 11.5 Å². The lowest BCUT2D eigenvalue weighted by atomic mass is 9.91. The van der Waals surface area contributed by atoms with Crippen LogP contribution in [0.5, 0.6) is 0 Å².